The SMILES string of the molecule is COc1ccc2c(c1F)CCCC2CN. The topological polar surface area (TPSA) is 35.2 Å². The molecule has 0 saturated heterocycles. The van der Waals surface area contributed by atoms with Gasteiger partial charge in [0.25, 0.3) is 0 Å². The van der Waals surface area contributed by atoms with Gasteiger partial charge in [-0.25, -0.2) is 4.39 Å². The molecule has 1 aliphatic carbocycles. The second kappa shape index (κ2) is 4.19. The third-order valence-electron chi connectivity index (χ3n) is 3.17. The number of halogens is 1. The second-order valence-corrected chi connectivity index (χ2v) is 3.97. The summed E-state index contributed by atoms with van der Waals surface area (Å²) >= 11 is 0. The van der Waals surface area contributed by atoms with Gasteiger partial charge in [0, 0.05) is 0 Å². The Balaban J connectivity index is 2.47. The molecule has 0 fully saturated rings. The monoisotopic (exact) mass is 209 g/mol. The number of rotatable bonds is 2. The Morgan fingerprint density at radius 3 is 3.00 bits per heavy atom. The van der Waals surface area contributed by atoms with Crippen molar-refractivity contribution in [2.24, 2.45) is 5.73 Å². The van der Waals surface area contributed by atoms with Crippen molar-refractivity contribution in [3.05, 3.63) is 29.1 Å². The lowest BCUT2D eigenvalue weighted by atomic mass is 9.82. The van der Waals surface area contributed by atoms with Gasteiger partial charge in [-0.05, 0) is 48.9 Å². The summed E-state index contributed by atoms with van der Waals surface area (Å²) in [7, 11) is 1.49. The second-order valence-electron chi connectivity index (χ2n) is 3.97. The summed E-state index contributed by atoms with van der Waals surface area (Å²) in [5.74, 6) is 0.453. The van der Waals surface area contributed by atoms with Crippen molar-refractivity contribution in [2.45, 2.75) is 25.2 Å². The van der Waals surface area contributed by atoms with Crippen LogP contribution in [0, 0.1) is 5.82 Å². The van der Waals surface area contributed by atoms with E-state index in [0.717, 1.165) is 30.4 Å². The van der Waals surface area contributed by atoms with Crippen LogP contribution in [0.25, 0.3) is 0 Å². The molecule has 15 heavy (non-hydrogen) atoms. The number of benzene rings is 1. The number of fused-ring (bicyclic) bond motifs is 1. The summed E-state index contributed by atoms with van der Waals surface area (Å²) in [6, 6.07) is 3.65. The highest BCUT2D eigenvalue weighted by Crippen LogP contribution is 2.35. The van der Waals surface area contributed by atoms with Gasteiger partial charge >= 0.3 is 0 Å². The maximum absolute atomic E-state index is 13.9. The molecular weight excluding hydrogens is 193 g/mol. The van der Waals surface area contributed by atoms with Crippen LogP contribution >= 0.6 is 0 Å². The van der Waals surface area contributed by atoms with Gasteiger partial charge in [0.05, 0.1) is 7.11 Å². The molecule has 1 aliphatic rings. The summed E-state index contributed by atoms with van der Waals surface area (Å²) in [6.45, 7) is 0.596. The first-order valence-corrected chi connectivity index (χ1v) is 5.33. The molecule has 1 unspecified atom stereocenters. The average Bonchev–Trinajstić information content (AvgIpc) is 2.29. The van der Waals surface area contributed by atoms with Crippen molar-refractivity contribution >= 4 is 0 Å². The minimum atomic E-state index is -0.201. The lowest BCUT2D eigenvalue weighted by Gasteiger charge is -2.25. The van der Waals surface area contributed by atoms with E-state index in [9.17, 15) is 4.39 Å². The Morgan fingerprint density at radius 2 is 2.33 bits per heavy atom. The molecule has 0 saturated carbocycles. The quantitative estimate of drug-likeness (QED) is 0.810. The van der Waals surface area contributed by atoms with Gasteiger partial charge < -0.3 is 10.5 Å². The van der Waals surface area contributed by atoms with Crippen molar-refractivity contribution in [2.75, 3.05) is 13.7 Å². The molecule has 1 aromatic rings. The van der Waals surface area contributed by atoms with Crippen molar-refractivity contribution in [3.63, 3.8) is 0 Å². The fraction of sp³-hybridized carbons (Fsp3) is 0.500. The van der Waals surface area contributed by atoms with E-state index in [1.54, 1.807) is 6.07 Å². The van der Waals surface area contributed by atoms with E-state index in [-0.39, 0.29) is 5.82 Å². The van der Waals surface area contributed by atoms with Crippen molar-refractivity contribution < 1.29 is 9.13 Å². The Hall–Kier alpha value is -1.09. The van der Waals surface area contributed by atoms with E-state index >= 15 is 0 Å². The number of nitrogens with two attached hydrogens (primary N) is 1. The largest absolute Gasteiger partial charge is 0.494 e. The van der Waals surface area contributed by atoms with Crippen molar-refractivity contribution in [3.8, 4) is 5.75 Å². The summed E-state index contributed by atoms with van der Waals surface area (Å²) in [5.41, 5.74) is 7.56. The molecule has 0 bridgehead atoms. The lowest BCUT2D eigenvalue weighted by molar-refractivity contribution is 0.380. The smallest absolute Gasteiger partial charge is 0.168 e. The maximum atomic E-state index is 13.9. The summed E-state index contributed by atoms with van der Waals surface area (Å²) < 4.78 is 18.9. The van der Waals surface area contributed by atoms with E-state index in [2.05, 4.69) is 0 Å². The molecule has 0 heterocycles. The minimum Gasteiger partial charge on any atom is -0.494 e. The predicted molar refractivity (Wildman–Crippen MR) is 57.7 cm³/mol. The maximum Gasteiger partial charge on any atom is 0.168 e. The molecule has 0 amide bonds. The number of hydrogen-bond donors (Lipinski definition) is 1. The van der Waals surface area contributed by atoms with Crippen LogP contribution in [0.3, 0.4) is 0 Å². The average molecular weight is 209 g/mol. The van der Waals surface area contributed by atoms with Gasteiger partial charge in [-0.15, -0.1) is 0 Å². The van der Waals surface area contributed by atoms with E-state index < -0.39 is 0 Å². The molecular formula is C12H16FNO. The van der Waals surface area contributed by atoms with Crippen molar-refractivity contribution in [1.82, 2.24) is 0 Å². The van der Waals surface area contributed by atoms with Crippen LogP contribution < -0.4 is 10.5 Å². The van der Waals surface area contributed by atoms with Gasteiger partial charge in [0.15, 0.2) is 11.6 Å². The Labute approximate surface area is 89.2 Å². The fourth-order valence-electron chi connectivity index (χ4n) is 2.33. The highest BCUT2D eigenvalue weighted by Gasteiger charge is 2.23. The van der Waals surface area contributed by atoms with Crippen LogP contribution in [-0.4, -0.2) is 13.7 Å². The number of methoxy groups -OCH3 is 1. The van der Waals surface area contributed by atoms with Crippen LogP contribution in [0.1, 0.15) is 29.9 Å². The van der Waals surface area contributed by atoms with E-state index in [1.807, 2.05) is 6.07 Å². The first-order valence-electron chi connectivity index (χ1n) is 5.33. The highest BCUT2D eigenvalue weighted by atomic mass is 19.1. The molecule has 2 rings (SSSR count). The summed E-state index contributed by atoms with van der Waals surface area (Å²) in [6.07, 6.45) is 2.88. The summed E-state index contributed by atoms with van der Waals surface area (Å²) in [5, 5.41) is 0. The summed E-state index contributed by atoms with van der Waals surface area (Å²) in [4.78, 5) is 0. The van der Waals surface area contributed by atoms with Gasteiger partial charge in [-0.2, -0.15) is 0 Å². The predicted octanol–water partition coefficient (Wildman–Crippen LogP) is 2.21. The van der Waals surface area contributed by atoms with E-state index in [4.69, 9.17) is 10.5 Å². The molecule has 2 N–H and O–H groups in total. The fourth-order valence-corrected chi connectivity index (χ4v) is 2.33. The molecule has 3 heteroatoms. The molecule has 1 atom stereocenters. The van der Waals surface area contributed by atoms with Gasteiger partial charge in [0.1, 0.15) is 0 Å². The number of ether oxygens (including phenoxy) is 1. The first kappa shape index (κ1) is 10.4. The highest BCUT2D eigenvalue weighted by molar-refractivity contribution is 5.41. The van der Waals surface area contributed by atoms with E-state index in [1.165, 1.54) is 7.11 Å². The molecule has 0 spiro atoms. The number of hydrogen-bond acceptors (Lipinski definition) is 2. The lowest BCUT2D eigenvalue weighted by Crippen LogP contribution is -2.19. The standard InChI is InChI=1S/C12H16FNO/c1-15-11-6-5-9-8(7-14)3-2-4-10(9)12(11)13/h5-6,8H,2-4,7,14H2,1H3. The molecule has 0 radical (unpaired) electrons. The third kappa shape index (κ3) is 1.72. The first-order chi connectivity index (χ1) is 7.27. The molecule has 1 aromatic carbocycles. The molecule has 82 valence electrons. The molecule has 2 nitrogen and oxygen atoms in total. The zero-order valence-electron chi connectivity index (χ0n) is 8.92. The van der Waals surface area contributed by atoms with Gasteiger partial charge in [0.2, 0.25) is 0 Å². The minimum absolute atomic E-state index is 0.201. The zero-order valence-corrected chi connectivity index (χ0v) is 8.92. The normalized spacial score (nSPS) is 19.8. The van der Waals surface area contributed by atoms with Crippen LogP contribution in [-0.2, 0) is 6.42 Å². The molecule has 0 aromatic heterocycles. The van der Waals surface area contributed by atoms with Crippen LogP contribution in [0.4, 0.5) is 4.39 Å². The van der Waals surface area contributed by atoms with Crippen molar-refractivity contribution in [1.29, 1.82) is 0 Å². The van der Waals surface area contributed by atoms with E-state index in [0.29, 0.717) is 18.2 Å². The Morgan fingerprint density at radius 1 is 1.53 bits per heavy atom. The van der Waals surface area contributed by atoms with Crippen LogP contribution in [0.15, 0.2) is 12.1 Å². The Kier molecular flexibility index (Phi) is 2.91. The van der Waals surface area contributed by atoms with Crippen LogP contribution in [0.5, 0.6) is 5.75 Å². The molecule has 0 aliphatic heterocycles. The van der Waals surface area contributed by atoms with Crippen LogP contribution in [0.2, 0.25) is 0 Å². The van der Waals surface area contributed by atoms with Gasteiger partial charge in [-0.3, -0.25) is 0 Å². The Bertz CT molecular complexity index is 365. The third-order valence-corrected chi connectivity index (χ3v) is 3.17. The zero-order chi connectivity index (χ0) is 10.8. The van der Waals surface area contributed by atoms with Gasteiger partial charge in [-0.1, -0.05) is 6.07 Å².